The van der Waals surface area contributed by atoms with Crippen LogP contribution in [0.25, 0.3) is 0 Å². The zero-order chi connectivity index (χ0) is 22.8. The summed E-state index contributed by atoms with van der Waals surface area (Å²) in [5, 5.41) is 0. The third kappa shape index (κ3) is 7.06. The van der Waals surface area contributed by atoms with Crippen molar-refractivity contribution in [2.24, 2.45) is 11.8 Å². The van der Waals surface area contributed by atoms with Gasteiger partial charge in [-0.05, 0) is 36.3 Å². The average molecular weight is 436 g/mol. The summed E-state index contributed by atoms with van der Waals surface area (Å²) >= 11 is 0. The van der Waals surface area contributed by atoms with Gasteiger partial charge in [0.1, 0.15) is 6.61 Å². The van der Waals surface area contributed by atoms with Crippen molar-refractivity contribution in [2.75, 3.05) is 13.2 Å². The number of amides is 2. The molecule has 2 atom stereocenters. The molecule has 0 spiro atoms. The summed E-state index contributed by atoms with van der Waals surface area (Å²) in [7, 11) is 0. The first-order valence-corrected chi connectivity index (χ1v) is 11.3. The van der Waals surface area contributed by atoms with Gasteiger partial charge in [-0.15, -0.1) is 0 Å². The second-order valence-electron chi connectivity index (χ2n) is 8.66. The van der Waals surface area contributed by atoms with E-state index in [9.17, 15) is 9.59 Å². The molecular weight excluding hydrogens is 402 g/mol. The minimum absolute atomic E-state index is 0.142. The molecule has 0 unspecified atom stereocenters. The van der Waals surface area contributed by atoms with E-state index in [-0.39, 0.29) is 24.5 Å². The third-order valence-corrected chi connectivity index (χ3v) is 5.53. The van der Waals surface area contributed by atoms with Crippen molar-refractivity contribution in [3.8, 4) is 0 Å². The Morgan fingerprint density at radius 1 is 1.06 bits per heavy atom. The van der Waals surface area contributed by atoms with Crippen molar-refractivity contribution >= 4 is 12.0 Å². The van der Waals surface area contributed by atoms with E-state index >= 15 is 0 Å². The first-order valence-electron chi connectivity index (χ1n) is 11.3. The minimum Gasteiger partial charge on any atom is -0.447 e. The van der Waals surface area contributed by atoms with Crippen LogP contribution in [0.5, 0.6) is 0 Å². The number of nitrogens with zero attached hydrogens (tertiary/aromatic N) is 1. The summed E-state index contributed by atoms with van der Waals surface area (Å²) in [6, 6.07) is 19.7. The predicted molar refractivity (Wildman–Crippen MR) is 125 cm³/mol. The van der Waals surface area contributed by atoms with Gasteiger partial charge >= 0.3 is 6.09 Å². The van der Waals surface area contributed by atoms with E-state index in [1.807, 2.05) is 72.8 Å². The molecule has 170 valence electrons. The zero-order valence-electron chi connectivity index (χ0n) is 19.0. The first kappa shape index (κ1) is 23.7. The number of ether oxygens (including phenoxy) is 2. The van der Waals surface area contributed by atoms with Crippen molar-refractivity contribution in [1.29, 1.82) is 0 Å². The van der Waals surface area contributed by atoms with Gasteiger partial charge in [-0.25, -0.2) is 9.69 Å². The van der Waals surface area contributed by atoms with Crippen molar-refractivity contribution in [1.82, 2.24) is 4.90 Å². The lowest BCUT2D eigenvalue weighted by Gasteiger charge is -2.25. The van der Waals surface area contributed by atoms with Crippen LogP contribution in [0.1, 0.15) is 37.8 Å². The van der Waals surface area contributed by atoms with Crippen LogP contribution in [0.3, 0.4) is 0 Å². The number of carbonyl (C=O) groups excluding carboxylic acids is 2. The number of rotatable bonds is 11. The van der Waals surface area contributed by atoms with Crippen molar-refractivity contribution in [2.45, 2.75) is 45.8 Å². The van der Waals surface area contributed by atoms with Crippen molar-refractivity contribution in [3.05, 3.63) is 83.9 Å². The third-order valence-electron chi connectivity index (χ3n) is 5.53. The maximum Gasteiger partial charge on any atom is 0.416 e. The molecule has 1 heterocycles. The molecule has 0 radical (unpaired) electrons. The van der Waals surface area contributed by atoms with Gasteiger partial charge < -0.3 is 9.47 Å². The van der Waals surface area contributed by atoms with E-state index in [2.05, 4.69) is 13.8 Å². The summed E-state index contributed by atoms with van der Waals surface area (Å²) in [6.07, 6.45) is 5.32. The molecule has 5 nitrogen and oxygen atoms in total. The standard InChI is InChI=1S/C27H33NO4/c1-21(2)17-24(15-9-10-16-31-19-23-13-7-4-8-14-23)26(29)28-25(20-32-27(28)30)18-22-11-5-3-6-12-22/h3-14,21,24-25H,15-20H2,1-2H3/t24-,25-/m0/s1. The Morgan fingerprint density at radius 2 is 1.72 bits per heavy atom. The molecule has 2 aromatic carbocycles. The fraction of sp³-hybridized carbons (Fsp3) is 0.407. The molecule has 2 aromatic rings. The molecule has 0 N–H and O–H groups in total. The van der Waals surface area contributed by atoms with Crippen LogP contribution in [0.15, 0.2) is 72.8 Å². The van der Waals surface area contributed by atoms with E-state index < -0.39 is 6.09 Å². The number of benzene rings is 2. The Labute approximate surface area is 191 Å². The molecule has 3 rings (SSSR count). The molecular formula is C27H33NO4. The second-order valence-corrected chi connectivity index (χ2v) is 8.66. The lowest BCUT2D eigenvalue weighted by Crippen LogP contribution is -2.43. The Kier molecular flexibility index (Phi) is 9.05. The van der Waals surface area contributed by atoms with Crippen LogP contribution >= 0.6 is 0 Å². The first-order chi connectivity index (χ1) is 15.5. The topological polar surface area (TPSA) is 55.8 Å². The molecule has 1 aliphatic rings. The number of carbonyl (C=O) groups is 2. The smallest absolute Gasteiger partial charge is 0.416 e. The largest absolute Gasteiger partial charge is 0.447 e. The number of hydrogen-bond acceptors (Lipinski definition) is 4. The highest BCUT2D eigenvalue weighted by Crippen LogP contribution is 2.25. The van der Waals surface area contributed by atoms with Gasteiger partial charge in [0.05, 0.1) is 19.3 Å². The lowest BCUT2D eigenvalue weighted by molar-refractivity contribution is -0.133. The van der Waals surface area contributed by atoms with Gasteiger partial charge in [0.2, 0.25) is 5.91 Å². The van der Waals surface area contributed by atoms with Crippen LogP contribution in [0.2, 0.25) is 0 Å². The fourth-order valence-electron chi connectivity index (χ4n) is 3.98. The SMILES string of the molecule is CC(C)C[C@H](CC=CCOCc1ccccc1)C(=O)N1C(=O)OC[C@@H]1Cc1ccccc1. The van der Waals surface area contributed by atoms with Gasteiger partial charge in [0.15, 0.2) is 0 Å². The summed E-state index contributed by atoms with van der Waals surface area (Å²) in [4.78, 5) is 27.1. The summed E-state index contributed by atoms with van der Waals surface area (Å²) in [6.45, 7) is 5.48. The summed E-state index contributed by atoms with van der Waals surface area (Å²) in [5.74, 6) is -0.0563. The fourth-order valence-corrected chi connectivity index (χ4v) is 3.98. The maximum atomic E-state index is 13.4. The van der Waals surface area contributed by atoms with E-state index in [0.29, 0.717) is 32.0 Å². The minimum atomic E-state index is -0.528. The number of imide groups is 1. The second kappa shape index (κ2) is 12.2. The van der Waals surface area contributed by atoms with Crippen LogP contribution in [-0.2, 0) is 27.3 Å². The highest BCUT2D eigenvalue weighted by atomic mass is 16.6. The van der Waals surface area contributed by atoms with Crippen molar-refractivity contribution < 1.29 is 19.1 Å². The van der Waals surface area contributed by atoms with Crippen LogP contribution in [0.4, 0.5) is 4.79 Å². The number of allylic oxidation sites excluding steroid dienone is 1. The van der Waals surface area contributed by atoms with Crippen LogP contribution in [-0.4, -0.2) is 36.2 Å². The van der Waals surface area contributed by atoms with Gasteiger partial charge in [-0.2, -0.15) is 0 Å². The van der Waals surface area contributed by atoms with Gasteiger partial charge in [-0.3, -0.25) is 4.79 Å². The lowest BCUT2D eigenvalue weighted by atomic mass is 9.92. The van der Waals surface area contributed by atoms with E-state index in [1.165, 1.54) is 4.90 Å². The molecule has 0 bridgehead atoms. The molecule has 32 heavy (non-hydrogen) atoms. The number of hydrogen-bond donors (Lipinski definition) is 0. The molecule has 1 aliphatic heterocycles. The maximum absolute atomic E-state index is 13.4. The van der Waals surface area contributed by atoms with Gasteiger partial charge in [-0.1, -0.05) is 86.7 Å². The molecule has 2 amide bonds. The normalized spacial score (nSPS) is 17.2. The van der Waals surface area contributed by atoms with Crippen molar-refractivity contribution in [3.63, 3.8) is 0 Å². The molecule has 0 aromatic heterocycles. The molecule has 5 heteroatoms. The van der Waals surface area contributed by atoms with Gasteiger partial charge in [0, 0.05) is 5.92 Å². The Balaban J connectivity index is 1.57. The van der Waals surface area contributed by atoms with Crippen LogP contribution < -0.4 is 0 Å². The Hall–Kier alpha value is -2.92. The number of cyclic esters (lactones) is 1. The van der Waals surface area contributed by atoms with E-state index in [0.717, 1.165) is 17.5 Å². The van der Waals surface area contributed by atoms with Gasteiger partial charge in [0.25, 0.3) is 0 Å². The average Bonchev–Trinajstić information content (AvgIpc) is 3.15. The molecule has 0 aliphatic carbocycles. The van der Waals surface area contributed by atoms with E-state index in [1.54, 1.807) is 0 Å². The Morgan fingerprint density at radius 3 is 2.38 bits per heavy atom. The monoisotopic (exact) mass is 435 g/mol. The Bertz CT molecular complexity index is 879. The van der Waals surface area contributed by atoms with E-state index in [4.69, 9.17) is 9.47 Å². The molecule has 1 fully saturated rings. The predicted octanol–water partition coefficient (Wildman–Crippen LogP) is 5.40. The summed E-state index contributed by atoms with van der Waals surface area (Å²) in [5.41, 5.74) is 2.22. The summed E-state index contributed by atoms with van der Waals surface area (Å²) < 4.78 is 10.9. The zero-order valence-corrected chi connectivity index (χ0v) is 19.0. The molecule has 0 saturated carbocycles. The quantitative estimate of drug-likeness (QED) is 0.350. The van der Waals surface area contributed by atoms with Crippen LogP contribution in [0, 0.1) is 11.8 Å². The highest BCUT2D eigenvalue weighted by Gasteiger charge is 2.40. The molecule has 1 saturated heterocycles. The highest BCUT2D eigenvalue weighted by molar-refractivity contribution is 5.94.